The molecule has 0 aromatic heterocycles. The molecule has 0 saturated carbocycles. The minimum absolute atomic E-state index is 0.153. The second-order valence-corrected chi connectivity index (χ2v) is 11.6. The summed E-state index contributed by atoms with van der Waals surface area (Å²) in [4.78, 5) is 24.3. The van der Waals surface area contributed by atoms with Gasteiger partial charge in [0, 0.05) is 21.8 Å². The van der Waals surface area contributed by atoms with Gasteiger partial charge in [-0.1, -0.05) is 70.1 Å². The SMILES string of the molecule is CC(C)(C)OC(=O)NC(CSSc1ccccc1C[S+]([O-])Cc1ccccc1)C(=O)O. The van der Waals surface area contributed by atoms with Crippen molar-refractivity contribution in [2.75, 3.05) is 5.75 Å². The molecule has 6 nitrogen and oxygen atoms in total. The van der Waals surface area contributed by atoms with Crippen molar-refractivity contribution in [2.24, 2.45) is 0 Å². The first kappa shape index (κ1) is 25.5. The molecule has 1 amide bonds. The minimum atomic E-state index is -1.13. The predicted molar refractivity (Wildman–Crippen MR) is 128 cm³/mol. The number of carbonyl (C=O) groups is 2. The summed E-state index contributed by atoms with van der Waals surface area (Å²) in [7, 11) is 2.72. The molecule has 0 bridgehead atoms. The molecule has 2 N–H and O–H groups in total. The highest BCUT2D eigenvalue weighted by Gasteiger charge is 2.24. The highest BCUT2D eigenvalue weighted by Crippen LogP contribution is 2.35. The van der Waals surface area contributed by atoms with E-state index < -0.39 is 34.9 Å². The Kier molecular flexibility index (Phi) is 10.1. The zero-order chi connectivity index (χ0) is 22.9. The standard InChI is InChI=1S/C22H27NO5S3/c1-22(2,3)28-21(26)23-18(20(24)25)13-29-30-19-12-8-7-11-17(19)15-31(27)14-16-9-5-4-6-10-16/h4-12,18H,13-15H2,1-3H3,(H,23,26)(H,24,25). The molecule has 9 heteroatoms. The molecule has 2 atom stereocenters. The van der Waals surface area contributed by atoms with Gasteiger partial charge in [-0.05, 0) is 38.0 Å². The number of alkyl carbamates (subject to hydrolysis) is 1. The second-order valence-electron chi connectivity index (χ2n) is 7.73. The van der Waals surface area contributed by atoms with Crippen molar-refractivity contribution in [1.29, 1.82) is 0 Å². The summed E-state index contributed by atoms with van der Waals surface area (Å²) in [5.74, 6) is -0.0812. The maximum Gasteiger partial charge on any atom is 0.408 e. The fourth-order valence-corrected chi connectivity index (χ4v) is 6.25. The molecule has 2 aromatic rings. The van der Waals surface area contributed by atoms with E-state index in [4.69, 9.17) is 4.74 Å². The summed E-state index contributed by atoms with van der Waals surface area (Å²) in [5, 5.41) is 11.8. The van der Waals surface area contributed by atoms with Crippen LogP contribution in [0.5, 0.6) is 0 Å². The smallest absolute Gasteiger partial charge is 0.408 e. The molecule has 2 aromatic carbocycles. The Morgan fingerprint density at radius 1 is 1.10 bits per heavy atom. The van der Waals surface area contributed by atoms with Crippen molar-refractivity contribution < 1.29 is 24.0 Å². The number of benzene rings is 2. The highest BCUT2D eigenvalue weighted by molar-refractivity contribution is 8.76. The second kappa shape index (κ2) is 12.3. The van der Waals surface area contributed by atoms with Crippen LogP contribution in [0.2, 0.25) is 0 Å². The molecule has 0 saturated heterocycles. The summed E-state index contributed by atoms with van der Waals surface area (Å²) < 4.78 is 17.7. The van der Waals surface area contributed by atoms with Crippen molar-refractivity contribution in [2.45, 2.75) is 48.8 Å². The summed E-state index contributed by atoms with van der Waals surface area (Å²) in [6, 6.07) is 16.3. The minimum Gasteiger partial charge on any atom is -0.616 e. The number of hydrogen-bond donors (Lipinski definition) is 2. The number of carbonyl (C=O) groups excluding carboxylic acids is 1. The number of ether oxygens (including phenoxy) is 1. The molecular formula is C22H27NO5S3. The van der Waals surface area contributed by atoms with Gasteiger partial charge in [0.05, 0.1) is 0 Å². The largest absolute Gasteiger partial charge is 0.616 e. The van der Waals surface area contributed by atoms with Crippen LogP contribution in [0.3, 0.4) is 0 Å². The lowest BCUT2D eigenvalue weighted by Gasteiger charge is -2.21. The van der Waals surface area contributed by atoms with Gasteiger partial charge >= 0.3 is 12.1 Å². The number of nitrogens with one attached hydrogen (secondary N) is 1. The van der Waals surface area contributed by atoms with Crippen molar-refractivity contribution in [3.63, 3.8) is 0 Å². The molecule has 0 spiro atoms. The normalized spacial score (nSPS) is 13.3. The highest BCUT2D eigenvalue weighted by atomic mass is 33.1. The molecule has 0 fully saturated rings. The van der Waals surface area contributed by atoms with Crippen molar-refractivity contribution in [3.05, 3.63) is 65.7 Å². The summed E-state index contributed by atoms with van der Waals surface area (Å²) in [5.41, 5.74) is 1.27. The molecule has 31 heavy (non-hydrogen) atoms. The van der Waals surface area contributed by atoms with Crippen LogP contribution in [0.25, 0.3) is 0 Å². The third-order valence-electron chi connectivity index (χ3n) is 3.83. The van der Waals surface area contributed by atoms with Gasteiger partial charge < -0.3 is 19.7 Å². The van der Waals surface area contributed by atoms with Crippen LogP contribution in [0.4, 0.5) is 4.79 Å². The van der Waals surface area contributed by atoms with E-state index in [0.717, 1.165) is 16.0 Å². The number of aliphatic carboxylic acids is 1. The van der Waals surface area contributed by atoms with Gasteiger partial charge in [0.2, 0.25) is 0 Å². The van der Waals surface area contributed by atoms with Crippen molar-refractivity contribution in [3.8, 4) is 0 Å². The van der Waals surface area contributed by atoms with Gasteiger partial charge in [-0.25, -0.2) is 9.59 Å². The summed E-state index contributed by atoms with van der Waals surface area (Å²) >= 11 is -1.06. The monoisotopic (exact) mass is 481 g/mol. The van der Waals surface area contributed by atoms with Crippen LogP contribution < -0.4 is 5.32 Å². The van der Waals surface area contributed by atoms with Gasteiger partial charge in [-0.3, -0.25) is 0 Å². The van der Waals surface area contributed by atoms with Crippen LogP contribution in [0, 0.1) is 0 Å². The zero-order valence-electron chi connectivity index (χ0n) is 17.7. The molecule has 168 valence electrons. The van der Waals surface area contributed by atoms with Crippen LogP contribution in [0.1, 0.15) is 31.9 Å². The van der Waals surface area contributed by atoms with E-state index in [2.05, 4.69) is 5.32 Å². The Labute approximate surface area is 194 Å². The molecular weight excluding hydrogens is 454 g/mol. The lowest BCUT2D eigenvalue weighted by atomic mass is 10.2. The number of carboxylic acid groups (broad SMARTS) is 1. The first-order valence-electron chi connectivity index (χ1n) is 9.62. The summed E-state index contributed by atoms with van der Waals surface area (Å²) in [6.45, 7) is 5.14. The quantitative estimate of drug-likeness (QED) is 0.369. The van der Waals surface area contributed by atoms with Gasteiger partial charge in [-0.2, -0.15) is 0 Å². The van der Waals surface area contributed by atoms with E-state index in [9.17, 15) is 19.2 Å². The van der Waals surface area contributed by atoms with Crippen molar-refractivity contribution >= 4 is 44.8 Å². The van der Waals surface area contributed by atoms with Gasteiger partial charge in [0.25, 0.3) is 0 Å². The van der Waals surface area contributed by atoms with Gasteiger partial charge in [-0.15, -0.1) is 0 Å². The van der Waals surface area contributed by atoms with Crippen LogP contribution in [-0.4, -0.2) is 39.1 Å². The maximum atomic E-state index is 12.6. The first-order chi connectivity index (χ1) is 14.6. The molecule has 0 aliphatic carbocycles. The number of hydrogen-bond acceptors (Lipinski definition) is 6. The van der Waals surface area contributed by atoms with Crippen LogP contribution >= 0.6 is 21.6 Å². The molecule has 0 radical (unpaired) electrons. The average molecular weight is 482 g/mol. The fourth-order valence-electron chi connectivity index (χ4n) is 2.48. The predicted octanol–water partition coefficient (Wildman–Crippen LogP) is 4.85. The Bertz CT molecular complexity index is 858. The Morgan fingerprint density at radius 3 is 2.39 bits per heavy atom. The number of rotatable bonds is 10. The van der Waals surface area contributed by atoms with Gasteiger partial charge in [0.1, 0.15) is 23.1 Å². The van der Waals surface area contributed by atoms with E-state index in [0.29, 0.717) is 11.5 Å². The zero-order valence-corrected chi connectivity index (χ0v) is 20.1. The Morgan fingerprint density at radius 2 is 1.74 bits per heavy atom. The average Bonchev–Trinajstić information content (AvgIpc) is 2.67. The Balaban J connectivity index is 1.91. The topological polar surface area (TPSA) is 98.7 Å². The molecule has 2 unspecified atom stereocenters. The first-order valence-corrected chi connectivity index (χ1v) is 13.4. The van der Waals surface area contributed by atoms with E-state index in [1.54, 1.807) is 20.8 Å². The third-order valence-corrected chi connectivity index (χ3v) is 7.59. The summed E-state index contributed by atoms with van der Waals surface area (Å²) in [6.07, 6.45) is -0.762. The van der Waals surface area contributed by atoms with E-state index in [1.807, 2.05) is 54.6 Å². The van der Waals surface area contributed by atoms with E-state index in [-0.39, 0.29) is 5.75 Å². The Hall–Kier alpha value is -1.81. The lowest BCUT2D eigenvalue weighted by molar-refractivity contribution is -0.138. The molecule has 0 aliphatic heterocycles. The maximum absolute atomic E-state index is 12.6. The fraction of sp³-hybridized carbons (Fsp3) is 0.364. The van der Waals surface area contributed by atoms with Gasteiger partial charge in [0.15, 0.2) is 0 Å². The lowest BCUT2D eigenvalue weighted by Crippen LogP contribution is -2.44. The third kappa shape index (κ3) is 9.90. The number of carboxylic acids is 1. The molecule has 0 aliphatic rings. The molecule has 0 heterocycles. The van der Waals surface area contributed by atoms with Crippen LogP contribution in [-0.2, 0) is 32.2 Å². The van der Waals surface area contributed by atoms with Crippen molar-refractivity contribution in [1.82, 2.24) is 5.32 Å². The van der Waals surface area contributed by atoms with E-state index in [1.165, 1.54) is 21.6 Å². The van der Waals surface area contributed by atoms with E-state index >= 15 is 0 Å². The molecule has 2 rings (SSSR count). The van der Waals surface area contributed by atoms with Crippen LogP contribution in [0.15, 0.2) is 59.5 Å². The number of amides is 1.